The third-order valence-electron chi connectivity index (χ3n) is 1.69. The van der Waals surface area contributed by atoms with E-state index < -0.39 is 0 Å². The molecule has 0 spiro atoms. The van der Waals surface area contributed by atoms with Crippen LogP contribution in [0, 0.1) is 0 Å². The SMILES string of the molecule is C=Cc1ccc(C=O)cc1C=C.CCl. The zero-order valence-electron chi connectivity index (χ0n) is 8.16. The van der Waals surface area contributed by atoms with Gasteiger partial charge in [0.15, 0.2) is 0 Å². The van der Waals surface area contributed by atoms with Crippen LogP contribution < -0.4 is 0 Å². The maximum atomic E-state index is 10.4. The molecule has 1 nitrogen and oxygen atoms in total. The highest BCUT2D eigenvalue weighted by Gasteiger charge is 1.96. The fraction of sp³-hybridized carbons (Fsp3) is 0.0833. The Morgan fingerprint density at radius 1 is 1.14 bits per heavy atom. The smallest absolute Gasteiger partial charge is 0.150 e. The number of alkyl halides is 1. The summed E-state index contributed by atoms with van der Waals surface area (Å²) in [6.07, 6.45) is 5.75. The summed E-state index contributed by atoms with van der Waals surface area (Å²) >= 11 is 4.64. The van der Waals surface area contributed by atoms with Gasteiger partial charge in [0.05, 0.1) is 0 Å². The van der Waals surface area contributed by atoms with Crippen molar-refractivity contribution in [2.45, 2.75) is 0 Å². The van der Waals surface area contributed by atoms with Crippen LogP contribution in [0.15, 0.2) is 31.4 Å². The van der Waals surface area contributed by atoms with E-state index in [1.807, 2.05) is 6.07 Å². The Morgan fingerprint density at radius 2 is 1.71 bits per heavy atom. The summed E-state index contributed by atoms with van der Waals surface area (Å²) in [6, 6.07) is 5.40. The first-order valence-corrected chi connectivity index (χ1v) is 4.79. The minimum Gasteiger partial charge on any atom is -0.298 e. The minimum atomic E-state index is 0.663. The lowest BCUT2D eigenvalue weighted by molar-refractivity contribution is 0.112. The predicted octanol–water partition coefficient (Wildman–Crippen LogP) is 3.64. The van der Waals surface area contributed by atoms with Gasteiger partial charge in [0.1, 0.15) is 6.29 Å². The Morgan fingerprint density at radius 3 is 2.14 bits per heavy atom. The molecule has 14 heavy (non-hydrogen) atoms. The van der Waals surface area contributed by atoms with Crippen molar-refractivity contribution in [3.05, 3.63) is 48.0 Å². The maximum Gasteiger partial charge on any atom is 0.150 e. The van der Waals surface area contributed by atoms with Gasteiger partial charge in [-0.3, -0.25) is 4.79 Å². The van der Waals surface area contributed by atoms with E-state index in [-0.39, 0.29) is 0 Å². The standard InChI is InChI=1S/C11H10O.CH3Cl/c1-3-10-6-5-9(8-12)7-11(10)4-2;1-2/h3-8H,1-2H2;1H3. The Hall–Kier alpha value is -1.34. The normalized spacial score (nSPS) is 8.14. The maximum absolute atomic E-state index is 10.4. The molecular formula is C12H13ClO. The number of rotatable bonds is 3. The topological polar surface area (TPSA) is 17.1 Å². The molecule has 0 saturated carbocycles. The lowest BCUT2D eigenvalue weighted by Crippen LogP contribution is -1.84. The number of aldehydes is 1. The third-order valence-corrected chi connectivity index (χ3v) is 1.69. The first-order chi connectivity index (χ1) is 6.81. The van der Waals surface area contributed by atoms with Gasteiger partial charge in [-0.1, -0.05) is 37.4 Å². The zero-order chi connectivity index (χ0) is 11.0. The molecule has 0 heterocycles. The van der Waals surface area contributed by atoms with Crippen molar-refractivity contribution >= 4 is 30.0 Å². The van der Waals surface area contributed by atoms with Crippen LogP contribution in [0.1, 0.15) is 21.5 Å². The lowest BCUT2D eigenvalue weighted by Gasteiger charge is -2.00. The van der Waals surface area contributed by atoms with E-state index >= 15 is 0 Å². The molecule has 0 aliphatic carbocycles. The van der Waals surface area contributed by atoms with Gasteiger partial charge in [0.2, 0.25) is 0 Å². The third kappa shape index (κ3) is 3.19. The van der Waals surface area contributed by atoms with Gasteiger partial charge in [-0.25, -0.2) is 0 Å². The molecule has 0 saturated heterocycles. The van der Waals surface area contributed by atoms with Crippen LogP contribution in [-0.4, -0.2) is 12.7 Å². The van der Waals surface area contributed by atoms with Gasteiger partial charge in [-0.15, -0.1) is 11.6 Å². The number of benzene rings is 1. The molecule has 1 rings (SSSR count). The van der Waals surface area contributed by atoms with Gasteiger partial charge in [-0.2, -0.15) is 0 Å². The average Bonchev–Trinajstić information content (AvgIpc) is 2.30. The molecule has 0 aliphatic rings. The second kappa shape index (κ2) is 7.10. The molecule has 0 fully saturated rings. The van der Waals surface area contributed by atoms with E-state index in [1.54, 1.807) is 24.3 Å². The van der Waals surface area contributed by atoms with E-state index in [0.29, 0.717) is 5.56 Å². The Bertz CT molecular complexity index is 329. The van der Waals surface area contributed by atoms with Crippen LogP contribution in [-0.2, 0) is 0 Å². The summed E-state index contributed by atoms with van der Waals surface area (Å²) in [5.74, 6) is 0. The van der Waals surface area contributed by atoms with Gasteiger partial charge < -0.3 is 0 Å². The van der Waals surface area contributed by atoms with Crippen molar-refractivity contribution in [3.63, 3.8) is 0 Å². The summed E-state index contributed by atoms with van der Waals surface area (Å²) in [7, 11) is 0. The Balaban J connectivity index is 0.000000791. The number of carbonyl (C=O) groups is 1. The Kier molecular flexibility index (Phi) is 6.42. The highest BCUT2D eigenvalue weighted by Crippen LogP contribution is 2.13. The van der Waals surface area contributed by atoms with Gasteiger partial charge in [-0.05, 0) is 17.2 Å². The van der Waals surface area contributed by atoms with Gasteiger partial charge >= 0.3 is 0 Å². The lowest BCUT2D eigenvalue weighted by atomic mass is 10.0. The van der Waals surface area contributed by atoms with E-state index in [1.165, 1.54) is 6.38 Å². The summed E-state index contributed by atoms with van der Waals surface area (Å²) in [6.45, 7) is 7.31. The van der Waals surface area contributed by atoms with E-state index in [2.05, 4.69) is 24.8 Å². The van der Waals surface area contributed by atoms with E-state index in [4.69, 9.17) is 0 Å². The van der Waals surface area contributed by atoms with Crippen LogP contribution in [0.25, 0.3) is 12.2 Å². The number of carbonyl (C=O) groups excluding carboxylic acids is 1. The fourth-order valence-electron chi connectivity index (χ4n) is 1.03. The Labute approximate surface area is 89.7 Å². The first-order valence-electron chi connectivity index (χ1n) is 4.03. The summed E-state index contributed by atoms with van der Waals surface area (Å²) in [5.41, 5.74) is 2.60. The van der Waals surface area contributed by atoms with Crippen LogP contribution in [0.5, 0.6) is 0 Å². The van der Waals surface area contributed by atoms with Crippen molar-refractivity contribution in [1.82, 2.24) is 0 Å². The molecule has 0 radical (unpaired) electrons. The number of halogens is 1. The minimum absolute atomic E-state index is 0.663. The van der Waals surface area contributed by atoms with Crippen molar-refractivity contribution in [2.24, 2.45) is 0 Å². The molecule has 1 aromatic carbocycles. The molecule has 0 aromatic heterocycles. The predicted molar refractivity (Wildman–Crippen MR) is 63.8 cm³/mol. The molecular weight excluding hydrogens is 196 g/mol. The molecule has 74 valence electrons. The zero-order valence-corrected chi connectivity index (χ0v) is 8.92. The monoisotopic (exact) mass is 208 g/mol. The summed E-state index contributed by atoms with van der Waals surface area (Å²) < 4.78 is 0. The van der Waals surface area contributed by atoms with Gasteiger partial charge in [0.25, 0.3) is 0 Å². The fourth-order valence-corrected chi connectivity index (χ4v) is 1.03. The molecule has 0 amide bonds. The van der Waals surface area contributed by atoms with Crippen molar-refractivity contribution < 1.29 is 4.79 Å². The quantitative estimate of drug-likeness (QED) is 0.548. The van der Waals surface area contributed by atoms with Crippen molar-refractivity contribution in [2.75, 3.05) is 6.38 Å². The van der Waals surface area contributed by atoms with E-state index in [0.717, 1.165) is 17.4 Å². The molecule has 0 N–H and O–H groups in total. The van der Waals surface area contributed by atoms with Crippen LogP contribution in [0.2, 0.25) is 0 Å². The first kappa shape index (κ1) is 12.7. The summed E-state index contributed by atoms with van der Waals surface area (Å²) in [5, 5.41) is 0. The molecule has 0 atom stereocenters. The van der Waals surface area contributed by atoms with E-state index in [9.17, 15) is 4.79 Å². The molecule has 0 aliphatic heterocycles. The number of hydrogen-bond donors (Lipinski definition) is 0. The van der Waals surface area contributed by atoms with Crippen LogP contribution >= 0.6 is 11.6 Å². The van der Waals surface area contributed by atoms with Crippen LogP contribution in [0.4, 0.5) is 0 Å². The molecule has 0 unspecified atom stereocenters. The van der Waals surface area contributed by atoms with Gasteiger partial charge in [0, 0.05) is 11.9 Å². The summed E-state index contributed by atoms with van der Waals surface area (Å²) in [4.78, 5) is 10.4. The second-order valence-corrected chi connectivity index (χ2v) is 2.41. The average molecular weight is 209 g/mol. The van der Waals surface area contributed by atoms with Crippen LogP contribution in [0.3, 0.4) is 0 Å². The van der Waals surface area contributed by atoms with Crippen molar-refractivity contribution in [1.29, 1.82) is 0 Å². The second-order valence-electron chi connectivity index (χ2n) is 2.41. The molecule has 1 aromatic rings. The highest BCUT2D eigenvalue weighted by atomic mass is 35.5. The largest absolute Gasteiger partial charge is 0.298 e. The van der Waals surface area contributed by atoms with Crippen molar-refractivity contribution in [3.8, 4) is 0 Å². The molecule has 0 bridgehead atoms. The molecule has 2 heteroatoms. The highest BCUT2D eigenvalue weighted by molar-refractivity contribution is 6.15. The number of hydrogen-bond acceptors (Lipinski definition) is 1.